The lowest BCUT2D eigenvalue weighted by Gasteiger charge is -2.36. The second-order valence-electron chi connectivity index (χ2n) is 13.3. The Morgan fingerprint density at radius 1 is 0.354 bits per heavy atom. The van der Waals surface area contributed by atoms with Gasteiger partial charge in [0.1, 0.15) is 0 Å². The Hall–Kier alpha value is -5.60. The topological polar surface area (TPSA) is 25.8 Å². The van der Waals surface area contributed by atoms with E-state index in [4.69, 9.17) is 9.97 Å². The molecule has 1 aromatic heterocycles. The predicted octanol–water partition coefficient (Wildman–Crippen LogP) is 12.0. The lowest BCUT2D eigenvalue weighted by Crippen LogP contribution is -2.27. The Labute approximate surface area is 282 Å². The summed E-state index contributed by atoms with van der Waals surface area (Å²) in [6.07, 6.45) is 6.42. The highest BCUT2D eigenvalue weighted by Crippen LogP contribution is 2.56. The lowest BCUT2D eigenvalue weighted by molar-refractivity contribution is 0.353. The Balaban J connectivity index is 1.17. The van der Waals surface area contributed by atoms with Gasteiger partial charge < -0.3 is 0 Å². The Bertz CT molecular complexity index is 2250. The summed E-state index contributed by atoms with van der Waals surface area (Å²) in [5, 5.41) is 0. The first kappa shape index (κ1) is 28.6. The molecule has 1 fully saturated rings. The minimum atomic E-state index is 0.157. The van der Waals surface area contributed by atoms with Crippen molar-refractivity contribution in [1.29, 1.82) is 0 Å². The molecule has 1 heterocycles. The van der Waals surface area contributed by atoms with Crippen molar-refractivity contribution in [2.75, 3.05) is 0 Å². The molecule has 7 aromatic rings. The first-order chi connectivity index (χ1) is 23.8. The van der Waals surface area contributed by atoms with Crippen LogP contribution in [-0.2, 0) is 5.41 Å². The van der Waals surface area contributed by atoms with Crippen LogP contribution in [0.4, 0.5) is 0 Å². The van der Waals surface area contributed by atoms with Crippen LogP contribution in [0.3, 0.4) is 0 Å². The molecule has 1 spiro atoms. The van der Waals surface area contributed by atoms with E-state index in [-0.39, 0.29) is 5.41 Å². The molecule has 2 heteroatoms. The van der Waals surface area contributed by atoms with Gasteiger partial charge in [0.25, 0.3) is 0 Å². The van der Waals surface area contributed by atoms with E-state index in [0.717, 1.165) is 33.9 Å². The van der Waals surface area contributed by atoms with E-state index in [1.165, 1.54) is 76.6 Å². The number of hydrogen-bond donors (Lipinski definition) is 0. The van der Waals surface area contributed by atoms with Gasteiger partial charge in [0, 0.05) is 22.1 Å². The molecule has 48 heavy (non-hydrogen) atoms. The molecule has 0 bridgehead atoms. The van der Waals surface area contributed by atoms with Crippen LogP contribution in [0.5, 0.6) is 0 Å². The number of nitrogens with zero attached hydrogens (tertiary/aromatic N) is 2. The first-order valence-corrected chi connectivity index (χ1v) is 17.2. The highest BCUT2D eigenvalue weighted by Gasteiger charge is 2.43. The molecule has 1 saturated carbocycles. The van der Waals surface area contributed by atoms with Gasteiger partial charge in [0.2, 0.25) is 0 Å². The van der Waals surface area contributed by atoms with Gasteiger partial charge >= 0.3 is 0 Å². The summed E-state index contributed by atoms with van der Waals surface area (Å²) >= 11 is 0. The Morgan fingerprint density at radius 3 is 1.65 bits per heavy atom. The zero-order valence-corrected chi connectivity index (χ0v) is 26.9. The van der Waals surface area contributed by atoms with Crippen molar-refractivity contribution in [2.24, 2.45) is 0 Å². The fourth-order valence-electron chi connectivity index (χ4n) is 8.20. The molecule has 2 aliphatic rings. The number of rotatable bonds is 5. The summed E-state index contributed by atoms with van der Waals surface area (Å²) in [5.74, 6) is 0.729. The van der Waals surface area contributed by atoms with Crippen LogP contribution in [0.2, 0.25) is 0 Å². The molecule has 0 radical (unpaired) electrons. The van der Waals surface area contributed by atoms with Gasteiger partial charge in [-0.3, -0.25) is 0 Å². The van der Waals surface area contributed by atoms with Crippen LogP contribution in [0, 0.1) is 0 Å². The quantitative estimate of drug-likeness (QED) is 0.192. The molecule has 0 unspecified atom stereocenters. The summed E-state index contributed by atoms with van der Waals surface area (Å²) in [5.41, 5.74) is 15.8. The molecule has 9 rings (SSSR count). The molecule has 2 nitrogen and oxygen atoms in total. The van der Waals surface area contributed by atoms with Crippen molar-refractivity contribution in [1.82, 2.24) is 9.97 Å². The van der Waals surface area contributed by atoms with Crippen LogP contribution in [0.15, 0.2) is 158 Å². The van der Waals surface area contributed by atoms with Crippen molar-refractivity contribution >= 4 is 0 Å². The molecule has 0 N–H and O–H groups in total. The molecule has 0 amide bonds. The van der Waals surface area contributed by atoms with Crippen molar-refractivity contribution in [3.63, 3.8) is 0 Å². The second kappa shape index (κ2) is 11.9. The van der Waals surface area contributed by atoms with Crippen LogP contribution in [-0.4, -0.2) is 9.97 Å². The van der Waals surface area contributed by atoms with Gasteiger partial charge in [0.05, 0.1) is 11.4 Å². The maximum atomic E-state index is 5.22. The third kappa shape index (κ3) is 4.88. The van der Waals surface area contributed by atoms with E-state index in [0.29, 0.717) is 0 Å². The smallest absolute Gasteiger partial charge is 0.160 e. The number of aromatic nitrogens is 2. The van der Waals surface area contributed by atoms with Gasteiger partial charge in [-0.1, -0.05) is 165 Å². The second-order valence-corrected chi connectivity index (χ2v) is 13.3. The first-order valence-electron chi connectivity index (χ1n) is 17.2. The fraction of sp³-hybridized carbons (Fsp3) is 0.130. The monoisotopic (exact) mass is 616 g/mol. The molecule has 2 aliphatic carbocycles. The SMILES string of the molecule is c1ccc(-c2ccc(-c3cc(-c4ccccc4-c4ccc5c(c4)-c4ccccc4C54CCCCC4)nc(-c4ccccc4)n3)cc2)cc1. The maximum absolute atomic E-state index is 5.22. The lowest BCUT2D eigenvalue weighted by atomic mass is 9.68. The van der Waals surface area contributed by atoms with Crippen molar-refractivity contribution in [3.8, 4) is 67.3 Å². The van der Waals surface area contributed by atoms with Gasteiger partial charge in [0.15, 0.2) is 5.82 Å². The van der Waals surface area contributed by atoms with Crippen molar-refractivity contribution < 1.29 is 0 Å². The summed E-state index contributed by atoms with van der Waals surface area (Å²) < 4.78 is 0. The minimum Gasteiger partial charge on any atom is -0.228 e. The standard InChI is InChI=1S/C46H36N2/c1-4-14-32(15-5-1)33-22-24-34(25-23-33)43-31-44(48-45(47-43)35-16-6-2-7-17-35)39-20-9-8-18-37(39)36-26-27-42-40(30-36)38-19-10-11-21-41(38)46(42)28-12-3-13-29-46/h1-2,4-11,14-27,30-31H,3,12-13,28-29H2. The van der Waals surface area contributed by atoms with E-state index in [1.807, 2.05) is 6.07 Å². The molecule has 0 atom stereocenters. The maximum Gasteiger partial charge on any atom is 0.160 e. The zero-order chi connectivity index (χ0) is 31.9. The largest absolute Gasteiger partial charge is 0.228 e. The zero-order valence-electron chi connectivity index (χ0n) is 26.9. The van der Waals surface area contributed by atoms with Crippen LogP contribution in [0.1, 0.15) is 43.2 Å². The molecule has 0 saturated heterocycles. The van der Waals surface area contributed by atoms with E-state index >= 15 is 0 Å². The Morgan fingerprint density at radius 2 is 0.896 bits per heavy atom. The minimum absolute atomic E-state index is 0.157. The normalized spacial score (nSPS) is 14.4. The van der Waals surface area contributed by atoms with E-state index in [9.17, 15) is 0 Å². The summed E-state index contributed by atoms with van der Waals surface area (Å²) in [4.78, 5) is 10.3. The van der Waals surface area contributed by atoms with Gasteiger partial charge in [-0.25, -0.2) is 9.97 Å². The van der Waals surface area contributed by atoms with E-state index in [1.54, 1.807) is 0 Å². The number of benzene rings is 6. The van der Waals surface area contributed by atoms with Gasteiger partial charge in [-0.05, 0) is 69.5 Å². The Kier molecular flexibility index (Phi) is 7.08. The molecule has 0 aliphatic heterocycles. The van der Waals surface area contributed by atoms with Crippen molar-refractivity contribution in [2.45, 2.75) is 37.5 Å². The van der Waals surface area contributed by atoms with Gasteiger partial charge in [-0.15, -0.1) is 0 Å². The van der Waals surface area contributed by atoms with Crippen molar-refractivity contribution in [3.05, 3.63) is 169 Å². The third-order valence-corrected chi connectivity index (χ3v) is 10.5. The van der Waals surface area contributed by atoms with Crippen LogP contribution >= 0.6 is 0 Å². The predicted molar refractivity (Wildman–Crippen MR) is 199 cm³/mol. The number of fused-ring (bicyclic) bond motifs is 5. The highest BCUT2D eigenvalue weighted by atomic mass is 14.9. The van der Waals surface area contributed by atoms with E-state index < -0.39 is 0 Å². The van der Waals surface area contributed by atoms with Gasteiger partial charge in [-0.2, -0.15) is 0 Å². The number of hydrogen-bond acceptors (Lipinski definition) is 2. The highest BCUT2D eigenvalue weighted by molar-refractivity contribution is 5.89. The summed E-state index contributed by atoms with van der Waals surface area (Å²) in [7, 11) is 0. The average molecular weight is 617 g/mol. The molecular formula is C46H36N2. The fourth-order valence-corrected chi connectivity index (χ4v) is 8.20. The summed E-state index contributed by atoms with van der Waals surface area (Å²) in [6, 6.07) is 56.8. The van der Waals surface area contributed by atoms with Crippen LogP contribution in [0.25, 0.3) is 67.3 Å². The summed E-state index contributed by atoms with van der Waals surface area (Å²) in [6.45, 7) is 0. The molecule has 6 aromatic carbocycles. The third-order valence-electron chi connectivity index (χ3n) is 10.5. The molecular weight excluding hydrogens is 581 g/mol. The average Bonchev–Trinajstić information content (AvgIpc) is 3.43. The molecule has 230 valence electrons. The van der Waals surface area contributed by atoms with E-state index in [2.05, 4.69) is 152 Å². The van der Waals surface area contributed by atoms with Crippen LogP contribution < -0.4 is 0 Å².